The van der Waals surface area contributed by atoms with Gasteiger partial charge in [0.05, 0.1) is 12.7 Å². The van der Waals surface area contributed by atoms with Gasteiger partial charge in [0.15, 0.2) is 0 Å². The van der Waals surface area contributed by atoms with Crippen LogP contribution in [-0.4, -0.2) is 50.1 Å². The number of carbonyl (C=O) groups excluding carboxylic acids is 1. The highest BCUT2D eigenvalue weighted by Gasteiger charge is 2.29. The second-order valence-electron chi connectivity index (χ2n) is 7.18. The third kappa shape index (κ3) is 4.13. The van der Waals surface area contributed by atoms with Crippen LogP contribution in [0.4, 0.5) is 0 Å². The highest BCUT2D eigenvalue weighted by Crippen LogP contribution is 2.25. The first-order valence-electron chi connectivity index (χ1n) is 9.98. The van der Waals surface area contributed by atoms with Crippen molar-refractivity contribution < 1.29 is 14.1 Å². The molecule has 2 aromatic heterocycles. The highest BCUT2D eigenvalue weighted by atomic mass is 16.5. The minimum atomic E-state index is -0.124. The molecular weight excluding hydrogens is 394 g/mol. The van der Waals surface area contributed by atoms with Crippen LogP contribution in [0.3, 0.4) is 0 Å². The number of amides is 1. The maximum atomic E-state index is 12.5. The molecule has 8 heteroatoms. The van der Waals surface area contributed by atoms with Crippen LogP contribution < -0.4 is 4.74 Å². The van der Waals surface area contributed by atoms with E-state index in [-0.39, 0.29) is 12.0 Å². The molecule has 1 atom stereocenters. The molecule has 31 heavy (non-hydrogen) atoms. The van der Waals surface area contributed by atoms with Crippen molar-refractivity contribution in [2.45, 2.75) is 12.5 Å². The molecule has 0 bridgehead atoms. The van der Waals surface area contributed by atoms with Gasteiger partial charge in [-0.1, -0.05) is 23.4 Å². The summed E-state index contributed by atoms with van der Waals surface area (Å²) in [7, 11) is 0. The van der Waals surface area contributed by atoms with Crippen LogP contribution in [0, 0.1) is 0 Å². The summed E-state index contributed by atoms with van der Waals surface area (Å²) < 4.78 is 11.4. The average molecular weight is 413 g/mol. The molecule has 3 heterocycles. The number of ether oxygens (including phenoxy) is 1. The van der Waals surface area contributed by atoms with E-state index < -0.39 is 0 Å². The van der Waals surface area contributed by atoms with Crippen molar-refractivity contribution in [2.24, 2.45) is 0 Å². The van der Waals surface area contributed by atoms with Crippen molar-refractivity contribution in [3.63, 3.8) is 0 Å². The Bertz CT molecular complexity index is 1160. The van der Waals surface area contributed by atoms with Gasteiger partial charge < -0.3 is 14.2 Å². The quantitative estimate of drug-likeness (QED) is 0.494. The Labute approximate surface area is 178 Å². The summed E-state index contributed by atoms with van der Waals surface area (Å²) in [5.74, 6) is 1.61. The van der Waals surface area contributed by atoms with Crippen LogP contribution in [0.15, 0.2) is 77.7 Å². The summed E-state index contributed by atoms with van der Waals surface area (Å²) in [5, 5.41) is 4.07. The first-order chi connectivity index (χ1) is 15.3. The fourth-order valence-corrected chi connectivity index (χ4v) is 3.49. The molecule has 1 fully saturated rings. The summed E-state index contributed by atoms with van der Waals surface area (Å²) >= 11 is 0. The Kier molecular flexibility index (Phi) is 5.10. The second-order valence-corrected chi connectivity index (χ2v) is 7.18. The number of benzene rings is 2. The molecule has 4 aromatic rings. The molecule has 0 N–H and O–H groups in total. The van der Waals surface area contributed by atoms with Crippen LogP contribution in [0.2, 0.25) is 0 Å². The van der Waals surface area contributed by atoms with E-state index in [0.29, 0.717) is 30.5 Å². The van der Waals surface area contributed by atoms with Crippen LogP contribution in [0.25, 0.3) is 22.8 Å². The summed E-state index contributed by atoms with van der Waals surface area (Å²) in [6.07, 6.45) is 5.25. The molecule has 2 aromatic carbocycles. The average Bonchev–Trinajstić information content (AvgIpc) is 3.51. The minimum absolute atomic E-state index is 0.0682. The van der Waals surface area contributed by atoms with E-state index in [1.165, 1.54) is 12.4 Å². The normalized spacial score (nSPS) is 15.7. The van der Waals surface area contributed by atoms with Crippen LogP contribution in [0.1, 0.15) is 16.9 Å². The van der Waals surface area contributed by atoms with E-state index in [4.69, 9.17) is 9.26 Å². The lowest BCUT2D eigenvalue weighted by molar-refractivity contribution is 0.0766. The summed E-state index contributed by atoms with van der Waals surface area (Å²) in [5.41, 5.74) is 2.06. The molecule has 1 unspecified atom stereocenters. The van der Waals surface area contributed by atoms with E-state index in [1.54, 1.807) is 11.1 Å². The number of rotatable bonds is 5. The van der Waals surface area contributed by atoms with Gasteiger partial charge in [-0.25, -0.2) is 4.98 Å². The summed E-state index contributed by atoms with van der Waals surface area (Å²) in [4.78, 5) is 26.7. The zero-order valence-electron chi connectivity index (χ0n) is 16.6. The highest BCUT2D eigenvalue weighted by molar-refractivity contribution is 5.92. The van der Waals surface area contributed by atoms with Gasteiger partial charge >= 0.3 is 0 Å². The Hall–Kier alpha value is -4.07. The fraction of sp³-hybridized carbons (Fsp3) is 0.174. The monoisotopic (exact) mass is 413 g/mol. The third-order valence-electron chi connectivity index (χ3n) is 5.08. The number of nitrogens with zero attached hydrogens (tertiary/aromatic N) is 5. The molecule has 0 spiro atoms. The van der Waals surface area contributed by atoms with Gasteiger partial charge in [-0.3, -0.25) is 9.78 Å². The molecule has 1 amide bonds. The van der Waals surface area contributed by atoms with E-state index in [2.05, 4.69) is 20.1 Å². The Balaban J connectivity index is 1.21. The Morgan fingerprint density at radius 1 is 1.03 bits per heavy atom. The van der Waals surface area contributed by atoms with E-state index in [9.17, 15) is 4.79 Å². The van der Waals surface area contributed by atoms with Crippen molar-refractivity contribution >= 4 is 5.91 Å². The summed E-state index contributed by atoms with van der Waals surface area (Å²) in [6.45, 7) is 1.14. The first kappa shape index (κ1) is 18.9. The molecule has 1 aliphatic heterocycles. The van der Waals surface area contributed by atoms with E-state index in [0.717, 1.165) is 23.3 Å². The molecule has 0 saturated carbocycles. The van der Waals surface area contributed by atoms with Crippen LogP contribution in [-0.2, 0) is 0 Å². The fourth-order valence-electron chi connectivity index (χ4n) is 3.49. The Morgan fingerprint density at radius 2 is 1.87 bits per heavy atom. The smallest absolute Gasteiger partial charge is 0.274 e. The second kappa shape index (κ2) is 8.35. The van der Waals surface area contributed by atoms with Gasteiger partial charge in [0, 0.05) is 36.5 Å². The number of hydrogen-bond donors (Lipinski definition) is 0. The maximum absolute atomic E-state index is 12.5. The first-order valence-corrected chi connectivity index (χ1v) is 9.98. The number of aromatic nitrogens is 4. The summed E-state index contributed by atoms with van der Waals surface area (Å²) in [6, 6.07) is 17.2. The van der Waals surface area contributed by atoms with Gasteiger partial charge in [-0.05, 0) is 36.4 Å². The number of carbonyl (C=O) groups is 1. The maximum Gasteiger partial charge on any atom is 0.274 e. The number of hydrogen-bond acceptors (Lipinski definition) is 7. The molecule has 0 aliphatic carbocycles. The van der Waals surface area contributed by atoms with Crippen molar-refractivity contribution in [3.05, 3.63) is 78.9 Å². The lowest BCUT2D eigenvalue weighted by Gasteiger charge is -2.16. The molecule has 0 radical (unpaired) electrons. The van der Waals surface area contributed by atoms with Crippen molar-refractivity contribution in [1.82, 2.24) is 25.0 Å². The molecule has 5 rings (SSSR count). The van der Waals surface area contributed by atoms with Crippen molar-refractivity contribution in [3.8, 4) is 28.6 Å². The molecule has 1 saturated heterocycles. The molecule has 8 nitrogen and oxygen atoms in total. The zero-order valence-corrected chi connectivity index (χ0v) is 16.6. The van der Waals surface area contributed by atoms with E-state index in [1.807, 2.05) is 54.6 Å². The molecular formula is C23H19N5O3. The van der Waals surface area contributed by atoms with Gasteiger partial charge in [0.2, 0.25) is 5.82 Å². The standard InChI is InChI=1S/C23H19N5O3/c29-23(20-14-24-11-12-25-20)28-13-10-19(15-28)30-18-8-6-16(7-9-18)21-26-22(31-27-21)17-4-2-1-3-5-17/h1-9,11-12,14,19H,10,13,15H2. The van der Waals surface area contributed by atoms with Gasteiger partial charge in [0.25, 0.3) is 11.8 Å². The SMILES string of the molecule is O=C(c1cnccn1)N1CCC(Oc2ccc(-c3noc(-c4ccccc4)n3)cc2)C1. The molecule has 154 valence electrons. The van der Waals surface area contributed by atoms with Gasteiger partial charge in [-0.15, -0.1) is 0 Å². The largest absolute Gasteiger partial charge is 0.489 e. The van der Waals surface area contributed by atoms with Gasteiger partial charge in [-0.2, -0.15) is 4.98 Å². The minimum Gasteiger partial charge on any atom is -0.489 e. The number of likely N-dealkylation sites (tertiary alicyclic amines) is 1. The van der Waals surface area contributed by atoms with Crippen LogP contribution >= 0.6 is 0 Å². The van der Waals surface area contributed by atoms with Crippen molar-refractivity contribution in [1.29, 1.82) is 0 Å². The molecule has 1 aliphatic rings. The van der Waals surface area contributed by atoms with Gasteiger partial charge in [0.1, 0.15) is 17.5 Å². The zero-order chi connectivity index (χ0) is 21.0. The predicted molar refractivity (Wildman–Crippen MR) is 112 cm³/mol. The lowest BCUT2D eigenvalue weighted by atomic mass is 10.2. The van der Waals surface area contributed by atoms with E-state index >= 15 is 0 Å². The van der Waals surface area contributed by atoms with Crippen molar-refractivity contribution in [2.75, 3.05) is 13.1 Å². The third-order valence-corrected chi connectivity index (χ3v) is 5.08. The van der Waals surface area contributed by atoms with Crippen LogP contribution in [0.5, 0.6) is 5.75 Å². The Morgan fingerprint density at radius 3 is 2.65 bits per heavy atom. The predicted octanol–water partition coefficient (Wildman–Crippen LogP) is 3.49. The topological polar surface area (TPSA) is 94.2 Å². The lowest BCUT2D eigenvalue weighted by Crippen LogP contribution is -2.31.